The van der Waals surface area contributed by atoms with Crippen LogP contribution < -0.4 is 5.32 Å². The van der Waals surface area contributed by atoms with Gasteiger partial charge in [-0.3, -0.25) is 4.79 Å². The Bertz CT molecular complexity index is 949. The van der Waals surface area contributed by atoms with E-state index in [9.17, 15) is 23.1 Å². The number of aromatic nitrogens is 3. The maximum Gasteiger partial charge on any atom is 0.406 e. The number of anilines is 1. The Morgan fingerprint density at radius 1 is 1.15 bits per heavy atom. The fraction of sp³-hybridized carbons (Fsp3) is 0.640. The van der Waals surface area contributed by atoms with Crippen LogP contribution in [0.2, 0.25) is 0 Å². The number of carbonyl (C=O) groups excluding carboxylic acids is 1. The van der Waals surface area contributed by atoms with Gasteiger partial charge in [-0.1, -0.05) is 38.5 Å². The van der Waals surface area contributed by atoms with Crippen LogP contribution in [0.25, 0.3) is 0 Å². The Morgan fingerprint density at radius 2 is 1.85 bits per heavy atom. The van der Waals surface area contributed by atoms with Crippen LogP contribution in [-0.4, -0.2) is 38.6 Å². The van der Waals surface area contributed by atoms with Gasteiger partial charge in [0.25, 0.3) is 0 Å². The van der Waals surface area contributed by atoms with Crippen LogP contribution in [0.1, 0.15) is 81.6 Å². The molecule has 1 aromatic carbocycles. The van der Waals surface area contributed by atoms with Crippen molar-refractivity contribution in [2.75, 3.05) is 11.9 Å². The van der Waals surface area contributed by atoms with Crippen molar-refractivity contribution >= 4 is 11.6 Å². The smallest absolute Gasteiger partial charge is 0.396 e. The summed E-state index contributed by atoms with van der Waals surface area (Å²) < 4.78 is 41.4. The van der Waals surface area contributed by atoms with Crippen LogP contribution in [0, 0.1) is 19.3 Å². The van der Waals surface area contributed by atoms with E-state index >= 15 is 0 Å². The third-order valence-electron chi connectivity index (χ3n) is 5.68. The van der Waals surface area contributed by atoms with Crippen molar-refractivity contribution < 1.29 is 23.1 Å². The van der Waals surface area contributed by atoms with E-state index in [0.717, 1.165) is 22.1 Å². The molecule has 2 N–H and O–H groups in total. The highest BCUT2D eigenvalue weighted by Gasteiger charge is 2.33. The Balaban J connectivity index is 2.27. The molecule has 2 aromatic rings. The molecule has 1 amide bonds. The second kappa shape index (κ2) is 11.8. The zero-order valence-electron chi connectivity index (χ0n) is 20.8. The van der Waals surface area contributed by atoms with Crippen LogP contribution in [0.15, 0.2) is 18.2 Å². The van der Waals surface area contributed by atoms with Gasteiger partial charge in [-0.2, -0.15) is 13.2 Å². The van der Waals surface area contributed by atoms with Crippen LogP contribution in [0.4, 0.5) is 18.9 Å². The second-order valence-electron chi connectivity index (χ2n) is 10.2. The zero-order chi connectivity index (χ0) is 25.5. The lowest BCUT2D eigenvalue weighted by Gasteiger charge is -2.20. The maximum absolute atomic E-state index is 13.4. The number of aliphatic hydroxyl groups excluding tert-OH is 1. The summed E-state index contributed by atoms with van der Waals surface area (Å²) in [6.45, 7) is 8.76. The minimum absolute atomic E-state index is 0.0503. The summed E-state index contributed by atoms with van der Waals surface area (Å²) in [5.74, 6) is -0.484. The molecule has 190 valence electrons. The molecule has 0 fully saturated rings. The van der Waals surface area contributed by atoms with Gasteiger partial charge in [-0.05, 0) is 56.6 Å². The molecule has 0 radical (unpaired) electrons. The maximum atomic E-state index is 13.4. The van der Waals surface area contributed by atoms with E-state index in [1.54, 1.807) is 0 Å². The first-order chi connectivity index (χ1) is 15.8. The number of amides is 1. The van der Waals surface area contributed by atoms with Crippen molar-refractivity contribution in [3.05, 3.63) is 41.0 Å². The first kappa shape index (κ1) is 27.8. The molecule has 2 rings (SSSR count). The number of alkyl halides is 3. The lowest BCUT2D eigenvalue weighted by Crippen LogP contribution is -2.24. The summed E-state index contributed by atoms with van der Waals surface area (Å²) in [5, 5.41) is 20.4. The number of benzene rings is 1. The second-order valence-corrected chi connectivity index (χ2v) is 10.2. The Morgan fingerprint density at radius 3 is 2.44 bits per heavy atom. The van der Waals surface area contributed by atoms with Crippen molar-refractivity contribution in [3.8, 4) is 0 Å². The summed E-state index contributed by atoms with van der Waals surface area (Å²) in [5.41, 5.74) is 2.70. The largest absolute Gasteiger partial charge is 0.406 e. The summed E-state index contributed by atoms with van der Waals surface area (Å²) >= 11 is 0. The third kappa shape index (κ3) is 9.08. The van der Waals surface area contributed by atoms with Crippen molar-refractivity contribution in [2.24, 2.45) is 5.41 Å². The predicted octanol–water partition coefficient (Wildman–Crippen LogP) is 5.71. The molecule has 0 saturated heterocycles. The summed E-state index contributed by atoms with van der Waals surface area (Å²) in [6, 6.07) is 5.64. The Kier molecular flexibility index (Phi) is 9.67. The number of hydrogen-bond acceptors (Lipinski definition) is 4. The number of carbonyl (C=O) groups is 1. The van der Waals surface area contributed by atoms with Crippen molar-refractivity contribution in [2.45, 2.75) is 91.8 Å². The average Bonchev–Trinajstić information content (AvgIpc) is 3.07. The number of aliphatic hydroxyl groups is 1. The molecule has 1 unspecified atom stereocenters. The molecule has 0 saturated carbocycles. The number of hydrogen-bond donors (Lipinski definition) is 2. The molecule has 0 aliphatic rings. The van der Waals surface area contributed by atoms with Gasteiger partial charge in [0, 0.05) is 31.1 Å². The van der Waals surface area contributed by atoms with Crippen molar-refractivity contribution in [3.63, 3.8) is 0 Å². The van der Waals surface area contributed by atoms with Gasteiger partial charge < -0.3 is 15.0 Å². The number of halogens is 3. The van der Waals surface area contributed by atoms with Crippen molar-refractivity contribution in [1.29, 1.82) is 0 Å². The predicted molar refractivity (Wildman–Crippen MR) is 127 cm³/mol. The van der Waals surface area contributed by atoms with Crippen molar-refractivity contribution in [1.82, 2.24) is 14.8 Å². The molecule has 6 nitrogen and oxygen atoms in total. The van der Waals surface area contributed by atoms with Gasteiger partial charge in [0.15, 0.2) is 0 Å². The minimum atomic E-state index is -4.45. The van der Waals surface area contributed by atoms with Gasteiger partial charge in [0.1, 0.15) is 18.2 Å². The highest BCUT2D eigenvalue weighted by Crippen LogP contribution is 2.29. The fourth-order valence-electron chi connectivity index (χ4n) is 4.00. The van der Waals surface area contributed by atoms with Gasteiger partial charge in [0.05, 0.1) is 0 Å². The Labute approximate surface area is 200 Å². The van der Waals surface area contributed by atoms with Crippen LogP contribution in [-0.2, 0) is 17.8 Å². The normalized spacial score (nSPS) is 13.2. The van der Waals surface area contributed by atoms with Crippen LogP contribution in [0.5, 0.6) is 0 Å². The van der Waals surface area contributed by atoms with Gasteiger partial charge in [-0.15, -0.1) is 10.2 Å². The molecule has 34 heavy (non-hydrogen) atoms. The molecule has 9 heteroatoms. The number of nitrogens with one attached hydrogen (secondary N) is 1. The van der Waals surface area contributed by atoms with Gasteiger partial charge in [-0.25, -0.2) is 0 Å². The molecule has 1 atom stereocenters. The lowest BCUT2D eigenvalue weighted by atomic mass is 9.90. The number of nitrogens with zero attached hydrogens (tertiary/aromatic N) is 3. The van der Waals surface area contributed by atoms with E-state index in [0.29, 0.717) is 31.4 Å². The van der Waals surface area contributed by atoms with Gasteiger partial charge in [0.2, 0.25) is 5.91 Å². The summed E-state index contributed by atoms with van der Waals surface area (Å²) in [7, 11) is 0. The van der Waals surface area contributed by atoms with E-state index in [1.165, 1.54) is 0 Å². The first-order valence-corrected chi connectivity index (χ1v) is 11.8. The molecule has 0 bridgehead atoms. The van der Waals surface area contributed by atoms with E-state index in [4.69, 9.17) is 0 Å². The average molecular weight is 483 g/mol. The molecule has 0 spiro atoms. The molecule has 1 heterocycles. The van der Waals surface area contributed by atoms with E-state index in [-0.39, 0.29) is 36.0 Å². The number of rotatable bonds is 11. The Hall–Kier alpha value is -2.42. The topological polar surface area (TPSA) is 80.0 Å². The molecule has 1 aromatic heterocycles. The highest BCUT2D eigenvalue weighted by molar-refractivity contribution is 5.92. The van der Waals surface area contributed by atoms with E-state index in [1.807, 2.05) is 32.0 Å². The number of aryl methyl sites for hydroxylation is 3. The summed E-state index contributed by atoms with van der Waals surface area (Å²) in [6.07, 6.45) is -1.91. The standard InChI is InChI=1S/C25H37F3N4O2/c1-17-10-11-20(18(2)14-17)29-22(34)15-19(8-7-13-33)23-31-30-21(9-6-12-24(3,4)5)32(23)16-25(26,27)28/h10-11,14,19,33H,6-9,12-13,15-16H2,1-5H3,(H,29,34). The zero-order valence-corrected chi connectivity index (χ0v) is 20.8. The van der Waals surface area contributed by atoms with Crippen LogP contribution in [0.3, 0.4) is 0 Å². The monoisotopic (exact) mass is 482 g/mol. The van der Waals surface area contributed by atoms with E-state index < -0.39 is 18.6 Å². The fourth-order valence-corrected chi connectivity index (χ4v) is 4.00. The minimum Gasteiger partial charge on any atom is -0.396 e. The first-order valence-electron chi connectivity index (χ1n) is 11.8. The molecule has 0 aliphatic heterocycles. The quantitative estimate of drug-likeness (QED) is 0.430. The molecular formula is C25H37F3N4O2. The molecule has 0 aliphatic carbocycles. The van der Waals surface area contributed by atoms with Crippen LogP contribution >= 0.6 is 0 Å². The highest BCUT2D eigenvalue weighted by atomic mass is 19.4. The molecular weight excluding hydrogens is 445 g/mol. The lowest BCUT2D eigenvalue weighted by molar-refractivity contribution is -0.141. The SMILES string of the molecule is Cc1ccc(NC(=O)CC(CCCO)c2nnc(CCCC(C)(C)C)n2CC(F)(F)F)c(C)c1. The van der Waals surface area contributed by atoms with Gasteiger partial charge >= 0.3 is 6.18 Å². The van der Waals surface area contributed by atoms with E-state index in [2.05, 4.69) is 36.3 Å². The third-order valence-corrected chi connectivity index (χ3v) is 5.68. The summed E-state index contributed by atoms with van der Waals surface area (Å²) in [4.78, 5) is 12.8.